The van der Waals surface area contributed by atoms with Crippen molar-refractivity contribution >= 4 is 54.9 Å². The number of aryl methyl sites for hydroxylation is 3. The molecule has 5 aromatic heterocycles. The molecule has 0 saturated carbocycles. The number of pyridine rings is 2. The Balaban J connectivity index is 0.00000665. The van der Waals surface area contributed by atoms with Crippen LogP contribution >= 0.6 is 0 Å². The van der Waals surface area contributed by atoms with Crippen LogP contribution in [0.15, 0.2) is 168 Å². The number of fused-ring (bicyclic) bond motifs is 7. The standard InChI is InChI=1S/C73H64N6O2.Pt/c1-41(2)55-35-51(48-23-14-12-15-24-48)36-56(42(3)4)68(55)78-64-31-20-18-29-61(64)76-72(78)50-27-22-28-53(34-50)80-54-39-59-66-46(10)75-63-33-45(9)74-47(11)67(63)71(66)81-70(59)60(40-54)73-77-62-30-19-21-32-65(62)79(73)69-57(43(5)6)37-52(38-58(69)44(7)8)49-25-16-13-17-26-49;/h12-33,35-39,41-44H,1-11H3;/q-2;+2. The van der Waals surface area contributed by atoms with Gasteiger partial charge in [0, 0.05) is 39.6 Å². The van der Waals surface area contributed by atoms with Crippen LogP contribution in [0.5, 0.6) is 11.5 Å². The fourth-order valence-corrected chi connectivity index (χ4v) is 12.1. The van der Waals surface area contributed by atoms with Crippen molar-refractivity contribution in [1.29, 1.82) is 0 Å². The number of hydrogen-bond acceptors (Lipinski definition) is 6. The average Bonchev–Trinajstić information content (AvgIpc) is 2.76. The molecule has 8 aromatic carbocycles. The molecule has 9 heteroatoms. The summed E-state index contributed by atoms with van der Waals surface area (Å²) in [4.78, 5) is 21.1. The molecule has 13 aromatic rings. The summed E-state index contributed by atoms with van der Waals surface area (Å²) in [5.74, 6) is 3.21. The third-order valence-electron chi connectivity index (χ3n) is 15.9. The first-order chi connectivity index (χ1) is 39.2. The van der Waals surface area contributed by atoms with Crippen LogP contribution in [0.4, 0.5) is 0 Å². The second-order valence-corrected chi connectivity index (χ2v) is 22.9. The Labute approximate surface area is 494 Å². The maximum Gasteiger partial charge on any atom is 2.00 e. The molecule has 0 bridgehead atoms. The quantitative estimate of drug-likeness (QED) is 0.113. The van der Waals surface area contributed by atoms with E-state index in [9.17, 15) is 0 Å². The SMILES string of the molecule is Cc1cc2nc(C)c3c4cc(Oc5[c-]c(-c6nc7ccccc7n6-c6c(C(C)C)cc(-c7ccccc7)cc6C(C)C)ccc5)[c-]c(-c5nc6ccccc6n5-c5c(C(C)C)cc(-c6ccccc6)cc5C(C)C)c4oc3c2c(C)n1.[Pt+2]. The Morgan fingerprint density at radius 3 is 1.45 bits per heavy atom. The third kappa shape index (κ3) is 9.31. The topological polar surface area (TPSA) is 83.8 Å². The summed E-state index contributed by atoms with van der Waals surface area (Å²) in [6, 6.07) is 65.3. The zero-order valence-electron chi connectivity index (χ0n) is 48.2. The molecule has 0 amide bonds. The van der Waals surface area contributed by atoms with E-state index in [1.165, 1.54) is 44.5 Å². The van der Waals surface area contributed by atoms with Gasteiger partial charge >= 0.3 is 21.1 Å². The second kappa shape index (κ2) is 21.5. The molecule has 0 aliphatic rings. The summed E-state index contributed by atoms with van der Waals surface area (Å²) in [5.41, 5.74) is 21.9. The van der Waals surface area contributed by atoms with Crippen molar-refractivity contribution in [2.75, 3.05) is 0 Å². The molecule has 0 aliphatic carbocycles. The minimum absolute atomic E-state index is 0. The molecule has 408 valence electrons. The number of hydrogen-bond donors (Lipinski definition) is 0. The molecule has 5 heterocycles. The number of nitrogens with zero attached hydrogens (tertiary/aromatic N) is 6. The molecule has 0 spiro atoms. The first-order valence-corrected chi connectivity index (χ1v) is 28.4. The molecule has 8 nitrogen and oxygen atoms in total. The van der Waals surface area contributed by atoms with E-state index in [-0.39, 0.29) is 44.7 Å². The van der Waals surface area contributed by atoms with E-state index in [4.69, 9.17) is 29.1 Å². The van der Waals surface area contributed by atoms with Crippen molar-refractivity contribution in [3.8, 4) is 67.9 Å². The molecule has 0 saturated heterocycles. The number of imidazole rings is 2. The minimum Gasteiger partial charge on any atom is -0.500 e. The van der Waals surface area contributed by atoms with Crippen LogP contribution in [-0.2, 0) is 21.1 Å². The van der Waals surface area contributed by atoms with Gasteiger partial charge in [-0.25, -0.2) is 0 Å². The van der Waals surface area contributed by atoms with Gasteiger partial charge in [-0.05, 0) is 149 Å². The monoisotopic (exact) mass is 1250 g/mol. The van der Waals surface area contributed by atoms with E-state index in [1.54, 1.807) is 0 Å². The van der Waals surface area contributed by atoms with E-state index in [2.05, 4.69) is 223 Å². The largest absolute Gasteiger partial charge is 2.00 e. The predicted molar refractivity (Wildman–Crippen MR) is 333 cm³/mol. The normalized spacial score (nSPS) is 11.9. The fraction of sp³-hybridized carbons (Fsp3) is 0.205. The number of benzene rings is 8. The van der Waals surface area contributed by atoms with Crippen LogP contribution in [0.3, 0.4) is 0 Å². The smallest absolute Gasteiger partial charge is 0.500 e. The van der Waals surface area contributed by atoms with E-state index >= 15 is 0 Å². The van der Waals surface area contributed by atoms with Crippen molar-refractivity contribution in [2.45, 2.75) is 99.8 Å². The number of rotatable bonds is 12. The van der Waals surface area contributed by atoms with Crippen molar-refractivity contribution in [3.63, 3.8) is 0 Å². The van der Waals surface area contributed by atoms with Crippen LogP contribution in [0, 0.1) is 32.9 Å². The Morgan fingerprint density at radius 1 is 0.427 bits per heavy atom. The number of furan rings is 1. The summed E-state index contributed by atoms with van der Waals surface area (Å²) in [6.45, 7) is 24.3. The molecular weight excluding hydrogens is 1190 g/mol. The third-order valence-corrected chi connectivity index (χ3v) is 15.9. The molecule has 0 N–H and O–H groups in total. The van der Waals surface area contributed by atoms with Crippen LogP contribution in [0.25, 0.3) is 111 Å². The Bertz CT molecular complexity index is 4550. The summed E-state index contributed by atoms with van der Waals surface area (Å²) < 4.78 is 19.1. The molecule has 13 rings (SSSR count). The van der Waals surface area contributed by atoms with Gasteiger partial charge in [-0.2, -0.15) is 0 Å². The first-order valence-electron chi connectivity index (χ1n) is 28.4. The zero-order valence-corrected chi connectivity index (χ0v) is 50.5. The zero-order chi connectivity index (χ0) is 56.0. The van der Waals surface area contributed by atoms with Crippen molar-refractivity contribution < 1.29 is 30.2 Å². The van der Waals surface area contributed by atoms with Gasteiger partial charge in [-0.1, -0.05) is 164 Å². The van der Waals surface area contributed by atoms with Gasteiger partial charge in [0.15, 0.2) is 0 Å². The molecule has 82 heavy (non-hydrogen) atoms. The first kappa shape index (κ1) is 54.2. The second-order valence-electron chi connectivity index (χ2n) is 22.9. The predicted octanol–water partition coefficient (Wildman–Crippen LogP) is 19.7. The van der Waals surface area contributed by atoms with Crippen LogP contribution in [-0.4, -0.2) is 29.1 Å². The van der Waals surface area contributed by atoms with Gasteiger partial charge < -0.3 is 18.3 Å². The number of para-hydroxylation sites is 4. The molecule has 0 atom stereocenters. The Morgan fingerprint density at radius 2 is 0.915 bits per heavy atom. The van der Waals surface area contributed by atoms with Crippen LogP contribution < -0.4 is 4.74 Å². The Kier molecular flexibility index (Phi) is 14.2. The van der Waals surface area contributed by atoms with Crippen LogP contribution in [0.1, 0.15) is 118 Å². The van der Waals surface area contributed by atoms with E-state index in [0.717, 1.165) is 89.2 Å². The van der Waals surface area contributed by atoms with E-state index < -0.39 is 0 Å². The van der Waals surface area contributed by atoms with E-state index in [0.29, 0.717) is 28.5 Å². The Hall–Kier alpha value is -8.45. The fourth-order valence-electron chi connectivity index (χ4n) is 12.1. The molecule has 0 aliphatic heterocycles. The van der Waals surface area contributed by atoms with Gasteiger partial charge in [0.05, 0.1) is 55.9 Å². The minimum atomic E-state index is 0. The average molecular weight is 1250 g/mol. The molecule has 0 radical (unpaired) electrons. The van der Waals surface area contributed by atoms with Crippen molar-refractivity contribution in [1.82, 2.24) is 29.1 Å². The van der Waals surface area contributed by atoms with Gasteiger partial charge in [-0.15, -0.1) is 23.8 Å². The summed E-state index contributed by atoms with van der Waals surface area (Å²) in [7, 11) is 0. The molecular formula is C73H64N6O2Pt. The van der Waals surface area contributed by atoms with E-state index in [1.807, 2.05) is 38.1 Å². The summed E-state index contributed by atoms with van der Waals surface area (Å²) in [6.07, 6.45) is 0. The summed E-state index contributed by atoms with van der Waals surface area (Å²) in [5, 5.41) is 2.60. The number of ether oxygens (including phenoxy) is 1. The molecule has 0 fully saturated rings. The number of aromatic nitrogens is 6. The summed E-state index contributed by atoms with van der Waals surface area (Å²) >= 11 is 0. The van der Waals surface area contributed by atoms with Gasteiger partial charge in [-0.3, -0.25) is 19.9 Å². The molecule has 0 unspecified atom stereocenters. The van der Waals surface area contributed by atoms with Gasteiger partial charge in [0.25, 0.3) is 0 Å². The maximum absolute atomic E-state index is 7.28. The maximum atomic E-state index is 7.28. The van der Waals surface area contributed by atoms with Crippen LogP contribution in [0.2, 0.25) is 0 Å². The van der Waals surface area contributed by atoms with Crippen molar-refractivity contribution in [2.24, 2.45) is 0 Å². The van der Waals surface area contributed by atoms with Crippen molar-refractivity contribution in [3.05, 3.63) is 215 Å². The van der Waals surface area contributed by atoms with Gasteiger partial charge in [0.2, 0.25) is 0 Å². The van der Waals surface area contributed by atoms with Gasteiger partial charge in [0.1, 0.15) is 5.58 Å².